The molecule has 0 radical (unpaired) electrons. The Kier molecular flexibility index (Phi) is 3.55. The Morgan fingerprint density at radius 1 is 1.33 bits per heavy atom. The maximum absolute atomic E-state index is 3.65. The second kappa shape index (κ2) is 5.16. The fourth-order valence-corrected chi connectivity index (χ4v) is 4.35. The summed E-state index contributed by atoms with van der Waals surface area (Å²) in [6.07, 6.45) is 2.41. The molecule has 2 aromatic rings. The highest BCUT2D eigenvalue weighted by Crippen LogP contribution is 2.40. The van der Waals surface area contributed by atoms with E-state index in [4.69, 9.17) is 0 Å². The van der Waals surface area contributed by atoms with E-state index < -0.39 is 0 Å². The molecule has 1 heterocycles. The molecule has 94 valence electrons. The lowest BCUT2D eigenvalue weighted by atomic mass is 9.98. The summed E-state index contributed by atoms with van der Waals surface area (Å²) in [7, 11) is 0. The summed E-state index contributed by atoms with van der Waals surface area (Å²) < 4.78 is 1.22. The van der Waals surface area contributed by atoms with Gasteiger partial charge >= 0.3 is 0 Å². The minimum absolute atomic E-state index is 0.544. The van der Waals surface area contributed by atoms with Gasteiger partial charge in [-0.15, -0.1) is 0 Å². The van der Waals surface area contributed by atoms with Crippen molar-refractivity contribution in [1.29, 1.82) is 0 Å². The van der Waals surface area contributed by atoms with Crippen molar-refractivity contribution < 1.29 is 0 Å². The number of benzene rings is 1. The van der Waals surface area contributed by atoms with Crippen LogP contribution < -0.4 is 5.32 Å². The lowest BCUT2D eigenvalue weighted by Crippen LogP contribution is -2.18. The standard InChI is InChI=1S/C15H16BrNS/c1-2-17-15-7-6-11-10(4-3-5-12(11)15)13-8-18-9-14(13)16/h3-5,8-9,15,17H,2,6-7H2,1H3. The molecule has 0 spiro atoms. The Morgan fingerprint density at radius 3 is 2.94 bits per heavy atom. The Hall–Kier alpha value is -0.640. The molecule has 18 heavy (non-hydrogen) atoms. The lowest BCUT2D eigenvalue weighted by Gasteiger charge is -2.13. The molecule has 1 aromatic carbocycles. The summed E-state index contributed by atoms with van der Waals surface area (Å²) in [5.74, 6) is 0. The van der Waals surface area contributed by atoms with E-state index in [-0.39, 0.29) is 0 Å². The fraction of sp³-hybridized carbons (Fsp3) is 0.333. The molecule has 3 rings (SSSR count). The third-order valence-electron chi connectivity index (χ3n) is 3.63. The van der Waals surface area contributed by atoms with Gasteiger partial charge in [-0.05, 0) is 57.4 Å². The van der Waals surface area contributed by atoms with E-state index in [1.165, 1.54) is 39.6 Å². The maximum Gasteiger partial charge on any atom is 0.0360 e. The minimum atomic E-state index is 0.544. The van der Waals surface area contributed by atoms with Crippen molar-refractivity contribution in [3.8, 4) is 11.1 Å². The van der Waals surface area contributed by atoms with Gasteiger partial charge in [0.05, 0.1) is 0 Å². The zero-order chi connectivity index (χ0) is 12.5. The second-order valence-electron chi connectivity index (χ2n) is 4.66. The van der Waals surface area contributed by atoms with E-state index in [1.54, 1.807) is 11.3 Å². The number of thiophene rings is 1. The maximum atomic E-state index is 3.65. The van der Waals surface area contributed by atoms with Gasteiger partial charge in [0.2, 0.25) is 0 Å². The van der Waals surface area contributed by atoms with Gasteiger partial charge in [0.1, 0.15) is 0 Å². The molecule has 0 bridgehead atoms. The van der Waals surface area contributed by atoms with Crippen LogP contribution in [-0.2, 0) is 6.42 Å². The quantitative estimate of drug-likeness (QED) is 0.858. The molecule has 0 amide bonds. The summed E-state index contributed by atoms with van der Waals surface area (Å²) in [6.45, 7) is 3.22. The topological polar surface area (TPSA) is 12.0 Å². The highest BCUT2D eigenvalue weighted by Gasteiger charge is 2.24. The van der Waals surface area contributed by atoms with Crippen LogP contribution in [-0.4, -0.2) is 6.54 Å². The first-order chi connectivity index (χ1) is 8.81. The molecule has 0 aliphatic heterocycles. The first-order valence-corrected chi connectivity index (χ1v) is 8.12. The third kappa shape index (κ3) is 2.04. The Labute approximate surface area is 120 Å². The Morgan fingerprint density at radius 2 is 2.22 bits per heavy atom. The average molecular weight is 322 g/mol. The fourth-order valence-electron chi connectivity index (χ4n) is 2.84. The van der Waals surface area contributed by atoms with Crippen molar-refractivity contribution in [1.82, 2.24) is 5.32 Å². The highest BCUT2D eigenvalue weighted by atomic mass is 79.9. The van der Waals surface area contributed by atoms with Gasteiger partial charge < -0.3 is 5.32 Å². The zero-order valence-electron chi connectivity index (χ0n) is 10.4. The van der Waals surface area contributed by atoms with Crippen LogP contribution in [0.2, 0.25) is 0 Å². The van der Waals surface area contributed by atoms with E-state index >= 15 is 0 Å². The molecule has 1 nitrogen and oxygen atoms in total. The molecule has 1 aromatic heterocycles. The van der Waals surface area contributed by atoms with E-state index in [0.29, 0.717) is 6.04 Å². The van der Waals surface area contributed by atoms with Gasteiger partial charge in [0.15, 0.2) is 0 Å². The molecule has 1 N–H and O–H groups in total. The van der Waals surface area contributed by atoms with Crippen LogP contribution in [0.15, 0.2) is 33.4 Å². The molecule has 0 saturated carbocycles. The monoisotopic (exact) mass is 321 g/mol. The minimum Gasteiger partial charge on any atom is -0.310 e. The predicted octanol–water partition coefficient (Wildman–Crippen LogP) is 4.77. The van der Waals surface area contributed by atoms with Gasteiger partial charge in [-0.3, -0.25) is 0 Å². The number of hydrogen-bond acceptors (Lipinski definition) is 2. The van der Waals surface area contributed by atoms with Crippen LogP contribution in [0.25, 0.3) is 11.1 Å². The van der Waals surface area contributed by atoms with Gasteiger partial charge in [0.25, 0.3) is 0 Å². The van der Waals surface area contributed by atoms with E-state index in [9.17, 15) is 0 Å². The number of fused-ring (bicyclic) bond motifs is 1. The molecule has 1 aliphatic carbocycles. The summed E-state index contributed by atoms with van der Waals surface area (Å²) in [5.41, 5.74) is 5.77. The van der Waals surface area contributed by atoms with E-state index in [2.05, 4.69) is 57.1 Å². The highest BCUT2D eigenvalue weighted by molar-refractivity contribution is 9.10. The summed E-state index contributed by atoms with van der Waals surface area (Å²) in [5, 5.41) is 7.97. The first-order valence-electron chi connectivity index (χ1n) is 6.38. The molecule has 1 atom stereocenters. The normalized spacial score (nSPS) is 18.0. The molecular formula is C15H16BrNS. The second-order valence-corrected chi connectivity index (χ2v) is 6.25. The van der Waals surface area contributed by atoms with Crippen molar-refractivity contribution >= 4 is 27.3 Å². The van der Waals surface area contributed by atoms with E-state index in [1.807, 2.05) is 0 Å². The summed E-state index contributed by atoms with van der Waals surface area (Å²) in [4.78, 5) is 0. The molecule has 1 aliphatic rings. The van der Waals surface area contributed by atoms with Crippen molar-refractivity contribution in [2.75, 3.05) is 6.54 Å². The SMILES string of the molecule is CCNC1CCc2c(-c3cscc3Br)cccc21. The van der Waals surface area contributed by atoms with Crippen molar-refractivity contribution in [2.24, 2.45) is 0 Å². The van der Waals surface area contributed by atoms with Gasteiger partial charge in [-0.2, -0.15) is 11.3 Å². The number of halogens is 1. The smallest absolute Gasteiger partial charge is 0.0360 e. The lowest BCUT2D eigenvalue weighted by molar-refractivity contribution is 0.549. The van der Waals surface area contributed by atoms with Crippen LogP contribution in [0.4, 0.5) is 0 Å². The molecule has 0 saturated heterocycles. The van der Waals surface area contributed by atoms with Gasteiger partial charge in [-0.1, -0.05) is 25.1 Å². The van der Waals surface area contributed by atoms with Crippen molar-refractivity contribution in [3.05, 3.63) is 44.6 Å². The molecular weight excluding hydrogens is 306 g/mol. The summed E-state index contributed by atoms with van der Waals surface area (Å²) >= 11 is 5.41. The van der Waals surface area contributed by atoms with Crippen LogP contribution in [0.5, 0.6) is 0 Å². The Bertz CT molecular complexity index is 561. The zero-order valence-corrected chi connectivity index (χ0v) is 12.8. The van der Waals surface area contributed by atoms with Crippen molar-refractivity contribution in [2.45, 2.75) is 25.8 Å². The van der Waals surface area contributed by atoms with Crippen LogP contribution in [0.1, 0.15) is 30.5 Å². The number of nitrogens with one attached hydrogen (secondary N) is 1. The average Bonchev–Trinajstić information content (AvgIpc) is 2.97. The van der Waals surface area contributed by atoms with Gasteiger partial charge in [-0.25, -0.2) is 0 Å². The largest absolute Gasteiger partial charge is 0.310 e. The number of rotatable bonds is 3. The molecule has 1 unspecified atom stereocenters. The van der Waals surface area contributed by atoms with Crippen molar-refractivity contribution in [3.63, 3.8) is 0 Å². The van der Waals surface area contributed by atoms with Crippen LogP contribution in [0, 0.1) is 0 Å². The number of hydrogen-bond donors (Lipinski definition) is 1. The summed E-state index contributed by atoms with van der Waals surface area (Å²) in [6, 6.07) is 7.26. The third-order valence-corrected chi connectivity index (χ3v) is 5.33. The van der Waals surface area contributed by atoms with Crippen LogP contribution in [0.3, 0.4) is 0 Å². The predicted molar refractivity (Wildman–Crippen MR) is 82.2 cm³/mol. The first kappa shape index (κ1) is 12.4. The Balaban J connectivity index is 2.07. The van der Waals surface area contributed by atoms with Gasteiger partial charge in [0, 0.05) is 21.5 Å². The molecule has 0 fully saturated rings. The van der Waals surface area contributed by atoms with E-state index in [0.717, 1.165) is 6.54 Å². The van der Waals surface area contributed by atoms with Crippen LogP contribution >= 0.6 is 27.3 Å². The molecule has 3 heteroatoms.